The molecule has 0 aliphatic rings. The van der Waals surface area contributed by atoms with Crippen molar-refractivity contribution < 1.29 is 0 Å². The van der Waals surface area contributed by atoms with Crippen molar-refractivity contribution in [3.05, 3.63) is 22.4 Å². The van der Waals surface area contributed by atoms with Gasteiger partial charge < -0.3 is 0 Å². The molecular formula is C7H5ClN2S. The van der Waals surface area contributed by atoms with E-state index in [4.69, 9.17) is 11.6 Å². The van der Waals surface area contributed by atoms with Crippen LogP contribution in [0.4, 0.5) is 0 Å². The van der Waals surface area contributed by atoms with Gasteiger partial charge in [0.05, 0.1) is 4.34 Å². The number of rotatable bonds is 0. The number of halogens is 1. The van der Waals surface area contributed by atoms with Gasteiger partial charge in [0, 0.05) is 11.6 Å². The Labute approximate surface area is 72.9 Å². The van der Waals surface area contributed by atoms with E-state index in [1.165, 1.54) is 17.7 Å². The first kappa shape index (κ1) is 7.00. The van der Waals surface area contributed by atoms with E-state index in [0.29, 0.717) is 0 Å². The highest BCUT2D eigenvalue weighted by atomic mass is 35.5. The van der Waals surface area contributed by atoms with Crippen LogP contribution < -0.4 is 0 Å². The average Bonchev–Trinajstić information content (AvgIpc) is 2.30. The minimum Gasteiger partial charge on any atom is -0.244 e. The Balaban J connectivity index is 2.92. The first-order chi connectivity index (χ1) is 5.29. The molecule has 4 heteroatoms. The summed E-state index contributed by atoms with van der Waals surface area (Å²) in [7, 11) is 0. The molecule has 0 aromatic carbocycles. The molecule has 2 nitrogen and oxygen atoms in total. The van der Waals surface area contributed by atoms with Gasteiger partial charge in [-0.15, -0.1) is 11.3 Å². The van der Waals surface area contributed by atoms with Crippen molar-refractivity contribution in [2.45, 2.75) is 6.92 Å². The fourth-order valence-corrected chi connectivity index (χ4v) is 2.09. The van der Waals surface area contributed by atoms with Gasteiger partial charge in [0.1, 0.15) is 11.2 Å². The maximum Gasteiger partial charge on any atom is 0.128 e. The Morgan fingerprint density at radius 2 is 2.36 bits per heavy atom. The second-order valence-electron chi connectivity index (χ2n) is 2.24. The van der Waals surface area contributed by atoms with E-state index in [0.717, 1.165) is 20.1 Å². The molecule has 2 aromatic heterocycles. The lowest BCUT2D eigenvalue weighted by Gasteiger charge is -1.86. The Morgan fingerprint density at radius 1 is 1.55 bits per heavy atom. The zero-order valence-electron chi connectivity index (χ0n) is 5.84. The van der Waals surface area contributed by atoms with Crippen molar-refractivity contribution >= 4 is 33.2 Å². The summed E-state index contributed by atoms with van der Waals surface area (Å²) >= 11 is 7.40. The van der Waals surface area contributed by atoms with Gasteiger partial charge in [-0.25, -0.2) is 9.97 Å². The van der Waals surface area contributed by atoms with E-state index in [1.54, 1.807) is 6.20 Å². The predicted octanol–water partition coefficient (Wildman–Crippen LogP) is 2.65. The van der Waals surface area contributed by atoms with Crippen LogP contribution in [0, 0.1) is 6.92 Å². The highest BCUT2D eigenvalue weighted by molar-refractivity contribution is 7.22. The number of hydrogen-bond donors (Lipinski definition) is 0. The Kier molecular flexibility index (Phi) is 1.55. The normalized spacial score (nSPS) is 10.7. The van der Waals surface area contributed by atoms with Gasteiger partial charge in [0.25, 0.3) is 0 Å². The zero-order valence-corrected chi connectivity index (χ0v) is 7.41. The first-order valence-electron chi connectivity index (χ1n) is 3.13. The molecule has 0 aliphatic heterocycles. The second-order valence-corrected chi connectivity index (χ2v) is 3.84. The summed E-state index contributed by atoms with van der Waals surface area (Å²) in [5, 5.41) is 1.06. The number of nitrogens with zero attached hydrogens (tertiary/aromatic N) is 2. The van der Waals surface area contributed by atoms with Gasteiger partial charge in [-0.2, -0.15) is 0 Å². The number of fused-ring (bicyclic) bond motifs is 1. The van der Waals surface area contributed by atoms with Gasteiger partial charge in [-0.05, 0) is 12.5 Å². The summed E-state index contributed by atoms with van der Waals surface area (Å²) in [5.41, 5.74) is 1.08. The van der Waals surface area contributed by atoms with Crippen LogP contribution in [0.3, 0.4) is 0 Å². The van der Waals surface area contributed by atoms with Crippen molar-refractivity contribution in [2.24, 2.45) is 0 Å². The number of hydrogen-bond acceptors (Lipinski definition) is 3. The van der Waals surface area contributed by atoms with E-state index in [-0.39, 0.29) is 0 Å². The third kappa shape index (κ3) is 1.01. The van der Waals surface area contributed by atoms with Crippen molar-refractivity contribution in [2.75, 3.05) is 0 Å². The SMILES string of the molecule is Cc1c(Cl)sc2ncncc12. The molecule has 0 N–H and O–H groups in total. The third-order valence-corrected chi connectivity index (χ3v) is 3.08. The lowest BCUT2D eigenvalue weighted by molar-refractivity contribution is 1.23. The van der Waals surface area contributed by atoms with Gasteiger partial charge in [-0.1, -0.05) is 11.6 Å². The minimum absolute atomic E-state index is 0.806. The van der Waals surface area contributed by atoms with Crippen molar-refractivity contribution in [1.82, 2.24) is 9.97 Å². The zero-order chi connectivity index (χ0) is 7.84. The molecule has 2 heterocycles. The minimum atomic E-state index is 0.806. The van der Waals surface area contributed by atoms with Crippen LogP contribution in [-0.2, 0) is 0 Å². The molecule has 0 saturated heterocycles. The Hall–Kier alpha value is -0.670. The van der Waals surface area contributed by atoms with Crippen LogP contribution in [0.2, 0.25) is 4.34 Å². The smallest absolute Gasteiger partial charge is 0.128 e. The second kappa shape index (κ2) is 2.43. The quantitative estimate of drug-likeness (QED) is 0.629. The average molecular weight is 185 g/mol. The molecule has 0 radical (unpaired) electrons. The molecule has 11 heavy (non-hydrogen) atoms. The van der Waals surface area contributed by atoms with Crippen LogP contribution in [0.1, 0.15) is 5.56 Å². The summed E-state index contributed by atoms with van der Waals surface area (Å²) in [5.74, 6) is 0. The summed E-state index contributed by atoms with van der Waals surface area (Å²) in [6, 6.07) is 0. The van der Waals surface area contributed by atoms with Crippen LogP contribution in [-0.4, -0.2) is 9.97 Å². The topological polar surface area (TPSA) is 25.8 Å². The molecule has 0 fully saturated rings. The number of thiophene rings is 1. The third-order valence-electron chi connectivity index (χ3n) is 1.56. The van der Waals surface area contributed by atoms with E-state index < -0.39 is 0 Å². The van der Waals surface area contributed by atoms with Gasteiger partial charge in [0.2, 0.25) is 0 Å². The monoisotopic (exact) mass is 184 g/mol. The molecular weight excluding hydrogens is 180 g/mol. The number of aryl methyl sites for hydroxylation is 1. The summed E-state index contributed by atoms with van der Waals surface area (Å²) in [4.78, 5) is 8.97. The van der Waals surface area contributed by atoms with E-state index in [1.807, 2.05) is 6.92 Å². The standard InChI is InChI=1S/C7H5ClN2S/c1-4-5-2-9-3-10-7(5)11-6(4)8/h2-3H,1H3. The lowest BCUT2D eigenvalue weighted by Crippen LogP contribution is -1.75. The van der Waals surface area contributed by atoms with Crippen molar-refractivity contribution in [1.29, 1.82) is 0 Å². The molecule has 56 valence electrons. The molecule has 0 aliphatic carbocycles. The maximum absolute atomic E-state index is 5.90. The fraction of sp³-hybridized carbons (Fsp3) is 0.143. The van der Waals surface area contributed by atoms with Crippen LogP contribution in [0.25, 0.3) is 10.2 Å². The summed E-state index contributed by atoms with van der Waals surface area (Å²) in [6.07, 6.45) is 3.33. The fourth-order valence-electron chi connectivity index (χ4n) is 0.924. The lowest BCUT2D eigenvalue weighted by atomic mass is 10.3. The molecule has 2 rings (SSSR count). The molecule has 0 atom stereocenters. The molecule has 0 amide bonds. The Bertz CT molecular complexity index is 396. The Morgan fingerprint density at radius 3 is 3.09 bits per heavy atom. The van der Waals surface area contributed by atoms with Gasteiger partial charge in [0.15, 0.2) is 0 Å². The van der Waals surface area contributed by atoms with Crippen molar-refractivity contribution in [3.63, 3.8) is 0 Å². The predicted molar refractivity (Wildman–Crippen MR) is 47.2 cm³/mol. The highest BCUT2D eigenvalue weighted by Gasteiger charge is 2.05. The number of aromatic nitrogens is 2. The van der Waals surface area contributed by atoms with Crippen LogP contribution >= 0.6 is 22.9 Å². The molecule has 2 aromatic rings. The van der Waals surface area contributed by atoms with E-state index in [9.17, 15) is 0 Å². The van der Waals surface area contributed by atoms with Gasteiger partial charge >= 0.3 is 0 Å². The maximum atomic E-state index is 5.90. The van der Waals surface area contributed by atoms with Crippen molar-refractivity contribution in [3.8, 4) is 0 Å². The van der Waals surface area contributed by atoms with E-state index in [2.05, 4.69) is 9.97 Å². The van der Waals surface area contributed by atoms with E-state index >= 15 is 0 Å². The van der Waals surface area contributed by atoms with Crippen LogP contribution in [0.15, 0.2) is 12.5 Å². The molecule has 0 saturated carbocycles. The molecule has 0 spiro atoms. The van der Waals surface area contributed by atoms with Crippen LogP contribution in [0.5, 0.6) is 0 Å². The first-order valence-corrected chi connectivity index (χ1v) is 4.33. The highest BCUT2D eigenvalue weighted by Crippen LogP contribution is 2.31. The van der Waals surface area contributed by atoms with Gasteiger partial charge in [-0.3, -0.25) is 0 Å². The largest absolute Gasteiger partial charge is 0.244 e. The molecule has 0 bridgehead atoms. The molecule has 0 unspecified atom stereocenters. The summed E-state index contributed by atoms with van der Waals surface area (Å²) in [6.45, 7) is 1.98. The summed E-state index contributed by atoms with van der Waals surface area (Å²) < 4.78 is 0.806.